The summed E-state index contributed by atoms with van der Waals surface area (Å²) in [6.07, 6.45) is 1.45. The van der Waals surface area contributed by atoms with Crippen molar-refractivity contribution >= 4 is 27.3 Å². The number of carbonyl (C=O) groups is 1. The average molecular weight is 313 g/mol. The third-order valence-corrected chi connectivity index (χ3v) is 4.55. The van der Waals surface area contributed by atoms with Crippen molar-refractivity contribution in [2.45, 2.75) is 25.2 Å². The number of anilines is 1. The third-order valence-electron chi connectivity index (χ3n) is 3.42. The highest BCUT2D eigenvalue weighted by molar-refractivity contribution is 7.90. The molecule has 4 N–H and O–H groups in total. The zero-order valence-corrected chi connectivity index (χ0v) is 12.9. The van der Waals surface area contributed by atoms with E-state index in [9.17, 15) is 13.2 Å². The lowest BCUT2D eigenvalue weighted by molar-refractivity contribution is -0.121. The minimum Gasteiger partial charge on any atom is -0.409 e. The quantitative estimate of drug-likeness (QED) is 0.326. The van der Waals surface area contributed by atoms with E-state index in [4.69, 9.17) is 10.9 Å². The van der Waals surface area contributed by atoms with E-state index in [0.29, 0.717) is 12.1 Å². The summed E-state index contributed by atoms with van der Waals surface area (Å²) in [6.45, 7) is 3.30. The van der Waals surface area contributed by atoms with Crippen LogP contribution in [0.2, 0.25) is 0 Å². The second kappa shape index (κ2) is 6.13. The number of carbonyl (C=O) groups excluding carboxylic acids is 1. The second-order valence-corrected chi connectivity index (χ2v) is 6.94. The van der Waals surface area contributed by atoms with Crippen LogP contribution in [0.25, 0.3) is 0 Å². The lowest BCUT2D eigenvalue weighted by Gasteiger charge is -2.25. The first-order valence-electron chi connectivity index (χ1n) is 6.24. The van der Waals surface area contributed by atoms with Crippen LogP contribution in [0.1, 0.15) is 20.3 Å². The van der Waals surface area contributed by atoms with Gasteiger partial charge in [-0.1, -0.05) is 12.1 Å². The monoisotopic (exact) mass is 313 g/mol. The summed E-state index contributed by atoms with van der Waals surface area (Å²) in [7, 11) is -3.28. The maximum atomic E-state index is 12.2. The van der Waals surface area contributed by atoms with Gasteiger partial charge < -0.3 is 16.3 Å². The second-order valence-electron chi connectivity index (χ2n) is 4.92. The van der Waals surface area contributed by atoms with Gasteiger partial charge in [-0.3, -0.25) is 4.79 Å². The Morgan fingerprint density at radius 2 is 1.90 bits per heavy atom. The van der Waals surface area contributed by atoms with E-state index in [2.05, 4.69) is 10.5 Å². The Kier molecular flexibility index (Phi) is 4.95. The summed E-state index contributed by atoms with van der Waals surface area (Å²) in [5.41, 5.74) is 4.84. The molecule has 1 aromatic rings. The Morgan fingerprint density at radius 1 is 1.38 bits per heavy atom. The fourth-order valence-electron chi connectivity index (χ4n) is 1.62. The van der Waals surface area contributed by atoms with Crippen molar-refractivity contribution < 1.29 is 18.4 Å². The van der Waals surface area contributed by atoms with Crippen molar-refractivity contribution in [3.63, 3.8) is 0 Å². The van der Waals surface area contributed by atoms with Gasteiger partial charge in [0.1, 0.15) is 5.41 Å². The molecule has 0 aliphatic rings. The van der Waals surface area contributed by atoms with Crippen molar-refractivity contribution in [1.82, 2.24) is 0 Å². The standard InChI is InChI=1S/C13H19N3O4S/c1-4-13(2,11(14)16-18)12(17)15-9-5-7-10(8-6-9)21(3,19)20/h5-8,18H,4H2,1-3H3,(H2,14,16)(H,15,17). The summed E-state index contributed by atoms with van der Waals surface area (Å²) in [5.74, 6) is -0.623. The molecule has 0 radical (unpaired) electrons. The molecular formula is C13H19N3O4S. The van der Waals surface area contributed by atoms with E-state index in [0.717, 1.165) is 6.26 Å². The maximum Gasteiger partial charge on any atom is 0.238 e. The van der Waals surface area contributed by atoms with Gasteiger partial charge in [0, 0.05) is 11.9 Å². The minimum atomic E-state index is -3.28. The van der Waals surface area contributed by atoms with Gasteiger partial charge in [-0.25, -0.2) is 8.42 Å². The molecule has 8 heteroatoms. The van der Waals surface area contributed by atoms with Gasteiger partial charge in [-0.05, 0) is 37.6 Å². The van der Waals surface area contributed by atoms with Gasteiger partial charge in [0.25, 0.3) is 0 Å². The smallest absolute Gasteiger partial charge is 0.238 e. The minimum absolute atomic E-state index is 0.162. The molecule has 21 heavy (non-hydrogen) atoms. The lowest BCUT2D eigenvalue weighted by atomic mass is 9.85. The van der Waals surface area contributed by atoms with E-state index in [-0.39, 0.29) is 10.7 Å². The first-order chi connectivity index (χ1) is 9.65. The number of nitrogens with zero attached hydrogens (tertiary/aromatic N) is 1. The zero-order chi connectivity index (χ0) is 16.3. The maximum absolute atomic E-state index is 12.2. The largest absolute Gasteiger partial charge is 0.409 e. The SMILES string of the molecule is CCC(C)(C(=O)Nc1ccc(S(C)(=O)=O)cc1)/C(N)=N/O. The third kappa shape index (κ3) is 3.72. The highest BCUT2D eigenvalue weighted by Gasteiger charge is 2.36. The number of nitrogens with one attached hydrogen (secondary N) is 1. The Balaban J connectivity index is 2.98. The molecule has 0 aromatic heterocycles. The van der Waals surface area contributed by atoms with Crippen molar-refractivity contribution in [1.29, 1.82) is 0 Å². The van der Waals surface area contributed by atoms with E-state index in [1.807, 2.05) is 0 Å². The number of amidine groups is 1. The predicted octanol–water partition coefficient (Wildman–Crippen LogP) is 1.19. The summed E-state index contributed by atoms with van der Waals surface area (Å²) >= 11 is 0. The molecule has 0 saturated carbocycles. The highest BCUT2D eigenvalue weighted by Crippen LogP contribution is 2.24. The fraction of sp³-hybridized carbons (Fsp3) is 0.385. The van der Waals surface area contributed by atoms with E-state index in [1.54, 1.807) is 13.8 Å². The molecule has 0 heterocycles. The van der Waals surface area contributed by atoms with Gasteiger partial charge in [0.05, 0.1) is 4.90 Å². The van der Waals surface area contributed by atoms with Crippen LogP contribution in [0.5, 0.6) is 0 Å². The fourth-order valence-corrected chi connectivity index (χ4v) is 2.25. The molecule has 0 bridgehead atoms. The number of sulfone groups is 1. The van der Waals surface area contributed by atoms with Crippen molar-refractivity contribution in [3.05, 3.63) is 24.3 Å². The summed E-state index contributed by atoms with van der Waals surface area (Å²) in [5, 5.41) is 14.3. The van der Waals surface area contributed by atoms with Crippen LogP contribution < -0.4 is 11.1 Å². The van der Waals surface area contributed by atoms with Crippen molar-refractivity contribution in [3.8, 4) is 0 Å². The van der Waals surface area contributed by atoms with Crippen LogP contribution in [0.15, 0.2) is 34.3 Å². The first-order valence-corrected chi connectivity index (χ1v) is 8.14. The van der Waals surface area contributed by atoms with Crippen molar-refractivity contribution in [2.75, 3.05) is 11.6 Å². The molecule has 0 spiro atoms. The number of benzene rings is 1. The topological polar surface area (TPSA) is 122 Å². The lowest BCUT2D eigenvalue weighted by Crippen LogP contribution is -2.44. The molecule has 1 amide bonds. The number of hydrogen-bond donors (Lipinski definition) is 3. The van der Waals surface area contributed by atoms with Crippen LogP contribution in [0.4, 0.5) is 5.69 Å². The Hall–Kier alpha value is -2.09. The molecule has 0 aliphatic heterocycles. The highest BCUT2D eigenvalue weighted by atomic mass is 32.2. The van der Waals surface area contributed by atoms with Gasteiger partial charge in [0.15, 0.2) is 15.7 Å². The number of hydrogen-bond acceptors (Lipinski definition) is 5. The zero-order valence-electron chi connectivity index (χ0n) is 12.1. The van der Waals surface area contributed by atoms with Gasteiger partial charge in [-0.15, -0.1) is 0 Å². The van der Waals surface area contributed by atoms with Crippen LogP contribution in [0, 0.1) is 5.41 Å². The van der Waals surface area contributed by atoms with E-state index in [1.165, 1.54) is 24.3 Å². The van der Waals surface area contributed by atoms with E-state index >= 15 is 0 Å². The molecule has 116 valence electrons. The van der Waals surface area contributed by atoms with Crippen molar-refractivity contribution in [2.24, 2.45) is 16.3 Å². The predicted molar refractivity (Wildman–Crippen MR) is 80.0 cm³/mol. The van der Waals surface area contributed by atoms with Crippen LogP contribution in [0.3, 0.4) is 0 Å². The Labute approximate surface area is 123 Å². The summed E-state index contributed by atoms with van der Waals surface area (Å²) in [4.78, 5) is 12.4. The van der Waals surface area contributed by atoms with E-state index < -0.39 is 21.2 Å². The molecule has 7 nitrogen and oxygen atoms in total. The molecule has 1 atom stereocenters. The van der Waals surface area contributed by atoms with Crippen LogP contribution in [-0.2, 0) is 14.6 Å². The number of oxime groups is 1. The number of rotatable bonds is 5. The molecule has 1 unspecified atom stereocenters. The molecular weight excluding hydrogens is 294 g/mol. The van der Waals surface area contributed by atoms with Gasteiger partial charge in [-0.2, -0.15) is 0 Å². The molecule has 0 saturated heterocycles. The first kappa shape index (κ1) is 17.0. The number of nitrogens with two attached hydrogens (primary N) is 1. The normalized spacial score (nSPS) is 15.3. The Bertz CT molecular complexity index is 652. The van der Waals surface area contributed by atoms with Gasteiger partial charge in [0.2, 0.25) is 5.91 Å². The van der Waals surface area contributed by atoms with Gasteiger partial charge >= 0.3 is 0 Å². The summed E-state index contributed by atoms with van der Waals surface area (Å²) < 4.78 is 22.7. The average Bonchev–Trinajstić information content (AvgIpc) is 2.44. The summed E-state index contributed by atoms with van der Waals surface area (Å²) in [6, 6.07) is 5.77. The Morgan fingerprint density at radius 3 is 2.29 bits per heavy atom. The molecule has 1 aromatic carbocycles. The molecule has 0 fully saturated rings. The van der Waals surface area contributed by atoms with Crippen LogP contribution in [-0.4, -0.2) is 31.6 Å². The number of amides is 1. The molecule has 1 rings (SSSR count). The molecule has 0 aliphatic carbocycles. The van der Waals surface area contributed by atoms with Crippen LogP contribution >= 0.6 is 0 Å².